The molecular formula is C14H19BrFN. The van der Waals surface area contributed by atoms with E-state index in [9.17, 15) is 4.39 Å². The highest BCUT2D eigenvalue weighted by Crippen LogP contribution is 2.27. The van der Waals surface area contributed by atoms with Crippen molar-refractivity contribution in [2.24, 2.45) is 5.92 Å². The number of hydrogen-bond acceptors (Lipinski definition) is 1. The first-order valence-corrected chi connectivity index (χ1v) is 7.13. The molecule has 1 fully saturated rings. The minimum atomic E-state index is -0.197. The van der Waals surface area contributed by atoms with E-state index < -0.39 is 0 Å². The maximum atomic E-state index is 13.1. The van der Waals surface area contributed by atoms with Gasteiger partial charge in [-0.3, -0.25) is 0 Å². The lowest BCUT2D eigenvalue weighted by atomic mass is 9.99. The average Bonchev–Trinajstić information content (AvgIpc) is 2.84. The van der Waals surface area contributed by atoms with Crippen molar-refractivity contribution in [3.05, 3.63) is 34.1 Å². The highest BCUT2D eigenvalue weighted by atomic mass is 79.9. The molecule has 0 aromatic heterocycles. The number of hydrogen-bond donors (Lipinski definition) is 1. The number of rotatable bonds is 4. The van der Waals surface area contributed by atoms with Gasteiger partial charge in [-0.15, -0.1) is 0 Å². The lowest BCUT2D eigenvalue weighted by Gasteiger charge is -2.20. The molecular weight excluding hydrogens is 281 g/mol. The van der Waals surface area contributed by atoms with E-state index in [0.717, 1.165) is 18.0 Å². The summed E-state index contributed by atoms with van der Waals surface area (Å²) in [6.45, 7) is 3.07. The molecule has 0 radical (unpaired) electrons. The molecule has 1 atom stereocenters. The van der Waals surface area contributed by atoms with Gasteiger partial charge in [0.2, 0.25) is 0 Å². The minimum absolute atomic E-state index is 0.197. The molecule has 1 unspecified atom stereocenters. The zero-order chi connectivity index (χ0) is 12.3. The van der Waals surface area contributed by atoms with Crippen LogP contribution in [0.4, 0.5) is 4.39 Å². The van der Waals surface area contributed by atoms with Crippen LogP contribution in [0.25, 0.3) is 0 Å². The maximum absolute atomic E-state index is 13.1. The average molecular weight is 300 g/mol. The lowest BCUT2D eigenvalue weighted by Crippen LogP contribution is -2.31. The van der Waals surface area contributed by atoms with Crippen LogP contribution in [0.2, 0.25) is 0 Å². The Hall–Kier alpha value is -0.410. The summed E-state index contributed by atoms with van der Waals surface area (Å²) in [5, 5.41) is 3.54. The summed E-state index contributed by atoms with van der Waals surface area (Å²) in [5.41, 5.74) is 1.13. The van der Waals surface area contributed by atoms with Gasteiger partial charge in [-0.1, -0.05) is 18.9 Å². The van der Waals surface area contributed by atoms with E-state index >= 15 is 0 Å². The highest BCUT2D eigenvalue weighted by molar-refractivity contribution is 9.10. The highest BCUT2D eigenvalue weighted by Gasteiger charge is 2.20. The Bertz CT molecular complexity index is 374. The van der Waals surface area contributed by atoms with Crippen LogP contribution >= 0.6 is 15.9 Å². The molecule has 1 aliphatic carbocycles. The van der Waals surface area contributed by atoms with Crippen LogP contribution in [0.3, 0.4) is 0 Å². The Morgan fingerprint density at radius 3 is 2.76 bits per heavy atom. The van der Waals surface area contributed by atoms with Crippen LogP contribution < -0.4 is 5.32 Å². The summed E-state index contributed by atoms with van der Waals surface area (Å²) in [4.78, 5) is 0. The van der Waals surface area contributed by atoms with Crippen molar-refractivity contribution in [3.63, 3.8) is 0 Å². The minimum Gasteiger partial charge on any atom is -0.310 e. The topological polar surface area (TPSA) is 12.0 Å². The van der Waals surface area contributed by atoms with Crippen molar-refractivity contribution in [3.8, 4) is 0 Å². The number of benzene rings is 1. The van der Waals surface area contributed by atoms with Gasteiger partial charge in [0.1, 0.15) is 5.82 Å². The van der Waals surface area contributed by atoms with Crippen LogP contribution in [-0.2, 0) is 6.54 Å². The molecule has 0 aliphatic heterocycles. The molecule has 0 bridgehead atoms. The van der Waals surface area contributed by atoms with Crippen molar-refractivity contribution in [1.29, 1.82) is 0 Å². The van der Waals surface area contributed by atoms with Gasteiger partial charge in [-0.25, -0.2) is 4.39 Å². The Balaban J connectivity index is 1.86. The normalized spacial score (nSPS) is 18.5. The van der Waals surface area contributed by atoms with Gasteiger partial charge >= 0.3 is 0 Å². The molecule has 0 spiro atoms. The van der Waals surface area contributed by atoms with Crippen molar-refractivity contribution < 1.29 is 4.39 Å². The van der Waals surface area contributed by atoms with Gasteiger partial charge in [0, 0.05) is 12.6 Å². The molecule has 1 nitrogen and oxygen atoms in total. The largest absolute Gasteiger partial charge is 0.310 e. The molecule has 0 heterocycles. The quantitative estimate of drug-likeness (QED) is 0.876. The smallest absolute Gasteiger partial charge is 0.137 e. The van der Waals surface area contributed by atoms with Crippen molar-refractivity contribution in [2.75, 3.05) is 0 Å². The molecule has 1 saturated carbocycles. The second kappa shape index (κ2) is 5.96. The second-order valence-electron chi connectivity index (χ2n) is 4.96. The molecule has 94 valence electrons. The third-order valence-corrected chi connectivity index (χ3v) is 4.33. The SMILES string of the molecule is CC(NCc1ccc(F)c(Br)c1)C1CCCC1. The summed E-state index contributed by atoms with van der Waals surface area (Å²) >= 11 is 3.22. The zero-order valence-corrected chi connectivity index (χ0v) is 11.8. The monoisotopic (exact) mass is 299 g/mol. The predicted octanol–water partition coefficient (Wildman–Crippen LogP) is 4.26. The molecule has 0 saturated heterocycles. The Morgan fingerprint density at radius 2 is 2.12 bits per heavy atom. The van der Waals surface area contributed by atoms with Crippen molar-refractivity contribution in [1.82, 2.24) is 5.32 Å². The van der Waals surface area contributed by atoms with Crippen LogP contribution in [0.5, 0.6) is 0 Å². The van der Waals surface area contributed by atoms with Gasteiger partial charge in [-0.05, 0) is 59.3 Å². The van der Waals surface area contributed by atoms with E-state index in [1.165, 1.54) is 31.7 Å². The molecule has 3 heteroatoms. The Morgan fingerprint density at radius 1 is 1.41 bits per heavy atom. The van der Waals surface area contributed by atoms with Crippen LogP contribution in [-0.4, -0.2) is 6.04 Å². The summed E-state index contributed by atoms with van der Waals surface area (Å²) < 4.78 is 13.6. The summed E-state index contributed by atoms with van der Waals surface area (Å²) in [5.74, 6) is 0.622. The van der Waals surface area contributed by atoms with E-state index in [4.69, 9.17) is 0 Å². The van der Waals surface area contributed by atoms with Gasteiger partial charge in [0.15, 0.2) is 0 Å². The van der Waals surface area contributed by atoms with E-state index in [2.05, 4.69) is 28.2 Å². The molecule has 0 amide bonds. The number of nitrogens with one attached hydrogen (secondary N) is 1. The molecule has 1 N–H and O–H groups in total. The molecule has 1 aromatic rings. The zero-order valence-electron chi connectivity index (χ0n) is 10.2. The fourth-order valence-electron chi connectivity index (χ4n) is 2.55. The first-order valence-electron chi connectivity index (χ1n) is 6.34. The third-order valence-electron chi connectivity index (χ3n) is 3.72. The lowest BCUT2D eigenvalue weighted by molar-refractivity contribution is 0.380. The molecule has 17 heavy (non-hydrogen) atoms. The van der Waals surface area contributed by atoms with Crippen molar-refractivity contribution in [2.45, 2.75) is 45.2 Å². The second-order valence-corrected chi connectivity index (χ2v) is 5.82. The Kier molecular flexibility index (Phi) is 4.57. The summed E-state index contributed by atoms with van der Waals surface area (Å²) in [6, 6.07) is 5.76. The van der Waals surface area contributed by atoms with E-state index in [-0.39, 0.29) is 5.82 Å². The number of halogens is 2. The van der Waals surface area contributed by atoms with Gasteiger partial charge in [0.25, 0.3) is 0 Å². The molecule has 2 rings (SSSR count). The fourth-order valence-corrected chi connectivity index (χ4v) is 2.98. The third kappa shape index (κ3) is 3.52. The van der Waals surface area contributed by atoms with Gasteiger partial charge < -0.3 is 5.32 Å². The first-order chi connectivity index (χ1) is 8.16. The fraction of sp³-hybridized carbons (Fsp3) is 0.571. The van der Waals surface area contributed by atoms with E-state index in [1.807, 2.05) is 12.1 Å². The predicted molar refractivity (Wildman–Crippen MR) is 72.4 cm³/mol. The van der Waals surface area contributed by atoms with Crippen LogP contribution in [0.1, 0.15) is 38.2 Å². The van der Waals surface area contributed by atoms with Gasteiger partial charge in [-0.2, -0.15) is 0 Å². The van der Waals surface area contributed by atoms with E-state index in [1.54, 1.807) is 0 Å². The maximum Gasteiger partial charge on any atom is 0.137 e. The molecule has 1 aliphatic rings. The van der Waals surface area contributed by atoms with Crippen molar-refractivity contribution >= 4 is 15.9 Å². The van der Waals surface area contributed by atoms with Crippen LogP contribution in [0, 0.1) is 11.7 Å². The summed E-state index contributed by atoms with van der Waals surface area (Å²) in [6.07, 6.45) is 5.44. The summed E-state index contributed by atoms with van der Waals surface area (Å²) in [7, 11) is 0. The standard InChI is InChI=1S/C14H19BrFN/c1-10(12-4-2-3-5-12)17-9-11-6-7-14(16)13(15)8-11/h6-8,10,12,17H,2-5,9H2,1H3. The molecule has 1 aromatic carbocycles. The van der Waals surface area contributed by atoms with Crippen LogP contribution in [0.15, 0.2) is 22.7 Å². The van der Waals surface area contributed by atoms with Gasteiger partial charge in [0.05, 0.1) is 4.47 Å². The Labute approximate surface area is 111 Å². The first kappa shape index (κ1) is 13.0. The van der Waals surface area contributed by atoms with E-state index in [0.29, 0.717) is 10.5 Å².